The zero-order valence-corrected chi connectivity index (χ0v) is 11.5. The van der Waals surface area contributed by atoms with E-state index in [-0.39, 0.29) is 0 Å². The molecule has 0 radical (unpaired) electrons. The summed E-state index contributed by atoms with van der Waals surface area (Å²) in [4.78, 5) is 0. The third-order valence-electron chi connectivity index (χ3n) is 2.80. The van der Waals surface area contributed by atoms with Crippen LogP contribution < -0.4 is 0 Å². The van der Waals surface area contributed by atoms with Crippen molar-refractivity contribution in [3.63, 3.8) is 0 Å². The summed E-state index contributed by atoms with van der Waals surface area (Å²) in [7, 11) is -2.40. The standard InChI is InChI=1S/C12H22NOP/c1-9(2)13(10(3)4)15(14)7-11(5)12(6)8-15/h7-10H,1-6H3. The molecule has 1 rings (SSSR count). The summed E-state index contributed by atoms with van der Waals surface area (Å²) in [6.45, 7) is 12.5. The van der Waals surface area contributed by atoms with E-state index in [1.165, 1.54) is 0 Å². The molecule has 0 aromatic rings. The van der Waals surface area contributed by atoms with Gasteiger partial charge in [0.2, 0.25) is 0 Å². The van der Waals surface area contributed by atoms with Crippen molar-refractivity contribution in [2.75, 3.05) is 0 Å². The predicted octanol–water partition coefficient (Wildman–Crippen LogP) is 4.20. The first-order valence-corrected chi connectivity index (χ1v) is 7.35. The van der Waals surface area contributed by atoms with Gasteiger partial charge in [0.05, 0.1) is 0 Å². The summed E-state index contributed by atoms with van der Waals surface area (Å²) in [5.41, 5.74) is 2.31. The highest BCUT2D eigenvalue weighted by atomic mass is 31.2. The van der Waals surface area contributed by atoms with Gasteiger partial charge < -0.3 is 0 Å². The molecule has 15 heavy (non-hydrogen) atoms. The monoisotopic (exact) mass is 227 g/mol. The Morgan fingerprint density at radius 1 is 1.00 bits per heavy atom. The van der Waals surface area contributed by atoms with E-state index in [2.05, 4.69) is 32.4 Å². The topological polar surface area (TPSA) is 20.3 Å². The molecule has 0 atom stereocenters. The van der Waals surface area contributed by atoms with Crippen LogP contribution in [-0.2, 0) is 4.57 Å². The maximum absolute atomic E-state index is 12.8. The largest absolute Gasteiger partial charge is 0.298 e. The lowest BCUT2D eigenvalue weighted by Gasteiger charge is -2.33. The SMILES string of the molecule is CC1=CP(=O)(N(C(C)C)C(C)C)C=C1C. The maximum Gasteiger partial charge on any atom is 0.194 e. The number of rotatable bonds is 3. The molecule has 0 bridgehead atoms. The maximum atomic E-state index is 12.8. The van der Waals surface area contributed by atoms with E-state index < -0.39 is 7.29 Å². The van der Waals surface area contributed by atoms with Crippen LogP contribution in [0.4, 0.5) is 0 Å². The van der Waals surface area contributed by atoms with E-state index in [0.29, 0.717) is 12.1 Å². The summed E-state index contributed by atoms with van der Waals surface area (Å²) in [5.74, 6) is 3.89. The molecule has 1 aliphatic heterocycles. The summed E-state index contributed by atoms with van der Waals surface area (Å²) < 4.78 is 14.9. The van der Waals surface area contributed by atoms with E-state index in [1.54, 1.807) is 0 Å². The molecule has 0 fully saturated rings. The van der Waals surface area contributed by atoms with Gasteiger partial charge in [-0.15, -0.1) is 0 Å². The summed E-state index contributed by atoms with van der Waals surface area (Å²) >= 11 is 0. The van der Waals surface area contributed by atoms with Gasteiger partial charge in [-0.2, -0.15) is 0 Å². The van der Waals surface area contributed by atoms with Crippen LogP contribution in [0.25, 0.3) is 0 Å². The molecular weight excluding hydrogens is 205 g/mol. The van der Waals surface area contributed by atoms with Crippen molar-refractivity contribution in [1.82, 2.24) is 4.67 Å². The van der Waals surface area contributed by atoms with Gasteiger partial charge in [0.25, 0.3) is 0 Å². The fourth-order valence-electron chi connectivity index (χ4n) is 2.25. The first kappa shape index (κ1) is 12.7. The summed E-state index contributed by atoms with van der Waals surface area (Å²) in [5, 5.41) is 0. The van der Waals surface area contributed by atoms with Crippen LogP contribution in [0.3, 0.4) is 0 Å². The Morgan fingerprint density at radius 2 is 1.33 bits per heavy atom. The van der Waals surface area contributed by atoms with Gasteiger partial charge in [-0.25, -0.2) is 4.67 Å². The van der Waals surface area contributed by atoms with Crippen LogP contribution in [0.15, 0.2) is 22.8 Å². The zero-order chi connectivity index (χ0) is 11.8. The summed E-state index contributed by atoms with van der Waals surface area (Å²) in [6, 6.07) is 0.615. The molecule has 0 unspecified atom stereocenters. The molecule has 0 N–H and O–H groups in total. The van der Waals surface area contributed by atoms with Crippen molar-refractivity contribution in [3.05, 3.63) is 22.8 Å². The van der Waals surface area contributed by atoms with E-state index in [9.17, 15) is 4.57 Å². The lowest BCUT2D eigenvalue weighted by molar-refractivity contribution is 0.307. The molecule has 0 amide bonds. The lowest BCUT2D eigenvalue weighted by atomic mass is 10.2. The second kappa shape index (κ2) is 4.27. The number of hydrogen-bond acceptors (Lipinski definition) is 1. The third-order valence-corrected chi connectivity index (χ3v) is 5.96. The van der Waals surface area contributed by atoms with Crippen LogP contribution in [0.1, 0.15) is 41.5 Å². The number of allylic oxidation sites excluding steroid dienone is 2. The second-order valence-corrected chi connectivity index (χ2v) is 7.19. The first-order chi connectivity index (χ1) is 6.78. The van der Waals surface area contributed by atoms with Crippen molar-refractivity contribution in [3.8, 4) is 0 Å². The molecule has 86 valence electrons. The Labute approximate surface area is 93.5 Å². The average molecular weight is 227 g/mol. The molecule has 0 aliphatic carbocycles. The van der Waals surface area contributed by atoms with Gasteiger partial charge in [0.1, 0.15) is 0 Å². The zero-order valence-electron chi connectivity index (χ0n) is 10.6. The van der Waals surface area contributed by atoms with Crippen LogP contribution in [0.5, 0.6) is 0 Å². The van der Waals surface area contributed by atoms with Crippen molar-refractivity contribution < 1.29 is 4.57 Å². The Bertz CT molecular complexity index is 323. The van der Waals surface area contributed by atoms with Gasteiger partial charge >= 0.3 is 0 Å². The Kier molecular flexibility index (Phi) is 3.63. The number of nitrogens with zero attached hydrogens (tertiary/aromatic N) is 1. The summed E-state index contributed by atoms with van der Waals surface area (Å²) in [6.07, 6.45) is 0. The van der Waals surface area contributed by atoms with Gasteiger partial charge in [0.15, 0.2) is 7.29 Å². The van der Waals surface area contributed by atoms with Gasteiger partial charge in [0, 0.05) is 12.1 Å². The minimum atomic E-state index is -2.40. The molecule has 3 heteroatoms. The molecule has 0 aromatic carbocycles. The minimum absolute atomic E-state index is 0.307. The van der Waals surface area contributed by atoms with Gasteiger partial charge in [-0.05, 0) is 64.3 Å². The lowest BCUT2D eigenvalue weighted by Crippen LogP contribution is -2.32. The minimum Gasteiger partial charge on any atom is -0.298 e. The molecule has 1 heterocycles. The van der Waals surface area contributed by atoms with E-state index in [0.717, 1.165) is 11.1 Å². The highest BCUT2D eigenvalue weighted by Gasteiger charge is 2.33. The highest BCUT2D eigenvalue weighted by Crippen LogP contribution is 2.60. The Hall–Kier alpha value is -0.330. The fourth-order valence-corrected chi connectivity index (χ4v) is 5.55. The molecule has 0 spiro atoms. The van der Waals surface area contributed by atoms with Crippen molar-refractivity contribution in [2.45, 2.75) is 53.6 Å². The highest BCUT2D eigenvalue weighted by molar-refractivity contribution is 7.68. The quantitative estimate of drug-likeness (QED) is 0.673. The van der Waals surface area contributed by atoms with Crippen LogP contribution in [-0.4, -0.2) is 16.8 Å². The molecule has 1 aliphatic rings. The fraction of sp³-hybridized carbons (Fsp3) is 0.667. The van der Waals surface area contributed by atoms with Crippen LogP contribution >= 0.6 is 7.29 Å². The van der Waals surface area contributed by atoms with E-state index >= 15 is 0 Å². The Balaban J connectivity index is 3.12. The normalized spacial score (nSPS) is 20.1. The van der Waals surface area contributed by atoms with Crippen molar-refractivity contribution >= 4 is 7.29 Å². The van der Waals surface area contributed by atoms with E-state index in [4.69, 9.17) is 0 Å². The average Bonchev–Trinajstić information content (AvgIpc) is 2.23. The molecular formula is C12H22NOP. The molecule has 2 nitrogen and oxygen atoms in total. The van der Waals surface area contributed by atoms with Crippen LogP contribution in [0, 0.1) is 0 Å². The van der Waals surface area contributed by atoms with Crippen molar-refractivity contribution in [1.29, 1.82) is 0 Å². The van der Waals surface area contributed by atoms with Crippen LogP contribution in [0.2, 0.25) is 0 Å². The first-order valence-electron chi connectivity index (χ1n) is 5.55. The van der Waals surface area contributed by atoms with Gasteiger partial charge in [-0.3, -0.25) is 4.57 Å². The number of hydrogen-bond donors (Lipinski definition) is 0. The second-order valence-electron chi connectivity index (χ2n) is 4.86. The molecule has 0 aromatic heterocycles. The third kappa shape index (κ3) is 2.43. The van der Waals surface area contributed by atoms with E-state index in [1.807, 2.05) is 25.5 Å². The predicted molar refractivity (Wildman–Crippen MR) is 67.2 cm³/mol. The molecule has 0 saturated heterocycles. The van der Waals surface area contributed by atoms with Crippen molar-refractivity contribution in [2.24, 2.45) is 0 Å². The molecule has 0 saturated carbocycles. The van der Waals surface area contributed by atoms with Gasteiger partial charge in [-0.1, -0.05) is 0 Å². The Morgan fingerprint density at radius 3 is 1.60 bits per heavy atom. The smallest absolute Gasteiger partial charge is 0.194 e.